The molecule has 3 nitrogen and oxygen atoms in total. The number of pyridine rings is 1. The summed E-state index contributed by atoms with van der Waals surface area (Å²) in [5.41, 5.74) is 3.88. The molecule has 0 aliphatic heterocycles. The van der Waals surface area contributed by atoms with E-state index in [4.69, 9.17) is 17.4 Å². The Morgan fingerprint density at radius 2 is 2.31 bits per heavy atom. The fourth-order valence-electron chi connectivity index (χ4n) is 1.52. The molecule has 0 saturated heterocycles. The number of nitrogens with one attached hydrogen (secondary N) is 1. The molecule has 2 heterocycles. The first-order chi connectivity index (χ1) is 7.79. The second-order valence-electron chi connectivity index (χ2n) is 3.42. The lowest BCUT2D eigenvalue weighted by molar-refractivity contribution is 0.554. The first kappa shape index (κ1) is 11.5. The predicted octanol–water partition coefficient (Wildman–Crippen LogP) is 2.54. The standard InChI is InChI=1S/C11H12ClN3S/c12-11-4-3-9(16-11)6-10(15-13)8-2-1-5-14-7-8/h1-5,7,10,15H,6,13H2. The van der Waals surface area contributed by atoms with Crippen LogP contribution in [0.1, 0.15) is 16.5 Å². The lowest BCUT2D eigenvalue weighted by Crippen LogP contribution is -2.29. The van der Waals surface area contributed by atoms with Gasteiger partial charge in [0.25, 0.3) is 0 Å². The third kappa shape index (κ3) is 2.80. The summed E-state index contributed by atoms with van der Waals surface area (Å²) in [6.45, 7) is 0. The number of hydrazine groups is 1. The van der Waals surface area contributed by atoms with Gasteiger partial charge in [-0.15, -0.1) is 11.3 Å². The highest BCUT2D eigenvalue weighted by Crippen LogP contribution is 2.25. The molecule has 2 aromatic rings. The summed E-state index contributed by atoms with van der Waals surface area (Å²) < 4.78 is 0.803. The highest BCUT2D eigenvalue weighted by Gasteiger charge is 2.11. The Bertz CT molecular complexity index is 444. The van der Waals surface area contributed by atoms with Gasteiger partial charge in [0, 0.05) is 23.7 Å². The highest BCUT2D eigenvalue weighted by atomic mass is 35.5. The van der Waals surface area contributed by atoms with Crippen LogP contribution >= 0.6 is 22.9 Å². The van der Waals surface area contributed by atoms with Crippen molar-refractivity contribution < 1.29 is 0 Å². The van der Waals surface area contributed by atoms with E-state index in [0.717, 1.165) is 16.3 Å². The molecule has 0 saturated carbocycles. The molecule has 0 fully saturated rings. The van der Waals surface area contributed by atoms with E-state index in [1.165, 1.54) is 4.88 Å². The zero-order valence-electron chi connectivity index (χ0n) is 8.56. The van der Waals surface area contributed by atoms with Crippen LogP contribution in [0.15, 0.2) is 36.7 Å². The fraction of sp³-hybridized carbons (Fsp3) is 0.182. The zero-order chi connectivity index (χ0) is 11.4. The van der Waals surface area contributed by atoms with Crippen molar-refractivity contribution in [3.8, 4) is 0 Å². The Hall–Kier alpha value is -0.940. The van der Waals surface area contributed by atoms with Crippen LogP contribution in [0.4, 0.5) is 0 Å². The van der Waals surface area contributed by atoms with Gasteiger partial charge in [0.05, 0.1) is 10.4 Å². The number of halogens is 1. The Morgan fingerprint density at radius 1 is 1.44 bits per heavy atom. The maximum Gasteiger partial charge on any atom is 0.0931 e. The van der Waals surface area contributed by atoms with Gasteiger partial charge in [-0.3, -0.25) is 16.3 Å². The molecule has 0 aromatic carbocycles. The van der Waals surface area contributed by atoms with Gasteiger partial charge < -0.3 is 0 Å². The van der Waals surface area contributed by atoms with E-state index >= 15 is 0 Å². The molecule has 5 heteroatoms. The molecule has 2 rings (SSSR count). The van der Waals surface area contributed by atoms with E-state index in [0.29, 0.717) is 0 Å². The van der Waals surface area contributed by atoms with Crippen LogP contribution in [-0.4, -0.2) is 4.98 Å². The number of aromatic nitrogens is 1. The fourth-order valence-corrected chi connectivity index (χ4v) is 2.65. The Balaban J connectivity index is 2.12. The maximum absolute atomic E-state index is 5.89. The van der Waals surface area contributed by atoms with Gasteiger partial charge in [0.1, 0.15) is 0 Å². The van der Waals surface area contributed by atoms with Gasteiger partial charge in [-0.2, -0.15) is 0 Å². The molecular weight excluding hydrogens is 242 g/mol. The Labute approximate surface area is 103 Å². The third-order valence-electron chi connectivity index (χ3n) is 2.32. The quantitative estimate of drug-likeness (QED) is 0.650. The van der Waals surface area contributed by atoms with Crippen molar-refractivity contribution in [1.82, 2.24) is 10.4 Å². The summed E-state index contributed by atoms with van der Waals surface area (Å²) >= 11 is 7.46. The zero-order valence-corrected chi connectivity index (χ0v) is 10.1. The second-order valence-corrected chi connectivity index (χ2v) is 5.22. The minimum Gasteiger partial charge on any atom is -0.271 e. The van der Waals surface area contributed by atoms with Crippen LogP contribution in [0.25, 0.3) is 0 Å². The topological polar surface area (TPSA) is 50.9 Å². The summed E-state index contributed by atoms with van der Waals surface area (Å²) in [4.78, 5) is 5.29. The van der Waals surface area contributed by atoms with Crippen molar-refractivity contribution in [3.63, 3.8) is 0 Å². The van der Waals surface area contributed by atoms with Crippen molar-refractivity contribution in [2.45, 2.75) is 12.5 Å². The molecule has 0 aliphatic rings. The summed E-state index contributed by atoms with van der Waals surface area (Å²) in [6, 6.07) is 7.91. The van der Waals surface area contributed by atoms with Crippen LogP contribution in [0.5, 0.6) is 0 Å². The van der Waals surface area contributed by atoms with Crippen LogP contribution in [0, 0.1) is 0 Å². The SMILES string of the molecule is NNC(Cc1ccc(Cl)s1)c1cccnc1. The lowest BCUT2D eigenvalue weighted by Gasteiger charge is -2.14. The number of hydrogen-bond acceptors (Lipinski definition) is 4. The molecule has 0 aliphatic carbocycles. The largest absolute Gasteiger partial charge is 0.271 e. The van der Waals surface area contributed by atoms with Crippen molar-refractivity contribution >= 4 is 22.9 Å². The van der Waals surface area contributed by atoms with Crippen LogP contribution in [-0.2, 0) is 6.42 Å². The molecule has 0 spiro atoms. The van der Waals surface area contributed by atoms with Gasteiger partial charge in [-0.1, -0.05) is 17.7 Å². The number of nitrogens with two attached hydrogens (primary N) is 1. The summed E-state index contributed by atoms with van der Waals surface area (Å²) in [5.74, 6) is 5.55. The molecule has 16 heavy (non-hydrogen) atoms. The van der Waals surface area contributed by atoms with E-state index in [-0.39, 0.29) is 6.04 Å². The smallest absolute Gasteiger partial charge is 0.0931 e. The Morgan fingerprint density at radius 3 is 2.88 bits per heavy atom. The van der Waals surface area contributed by atoms with Gasteiger partial charge in [0.2, 0.25) is 0 Å². The number of hydrogen-bond donors (Lipinski definition) is 2. The van der Waals surface area contributed by atoms with Crippen LogP contribution in [0.2, 0.25) is 4.34 Å². The number of rotatable bonds is 4. The van der Waals surface area contributed by atoms with Gasteiger partial charge in [0.15, 0.2) is 0 Å². The van der Waals surface area contributed by atoms with Gasteiger partial charge in [-0.25, -0.2) is 0 Å². The first-order valence-corrected chi connectivity index (χ1v) is 6.09. The molecule has 0 amide bonds. The lowest BCUT2D eigenvalue weighted by atomic mass is 10.1. The monoisotopic (exact) mass is 253 g/mol. The van der Waals surface area contributed by atoms with Gasteiger partial charge in [-0.05, 0) is 23.8 Å². The molecule has 0 radical (unpaired) electrons. The summed E-state index contributed by atoms with van der Waals surface area (Å²) in [6.07, 6.45) is 4.39. The molecule has 1 unspecified atom stereocenters. The minimum absolute atomic E-state index is 0.0726. The highest BCUT2D eigenvalue weighted by molar-refractivity contribution is 7.16. The van der Waals surface area contributed by atoms with Gasteiger partial charge >= 0.3 is 0 Å². The second kappa shape index (κ2) is 5.41. The van der Waals surface area contributed by atoms with Crippen LogP contribution in [0.3, 0.4) is 0 Å². The number of thiophene rings is 1. The molecule has 2 aromatic heterocycles. The summed E-state index contributed by atoms with van der Waals surface area (Å²) in [7, 11) is 0. The van der Waals surface area contributed by atoms with E-state index in [1.807, 2.05) is 30.5 Å². The molecule has 3 N–H and O–H groups in total. The average molecular weight is 254 g/mol. The molecule has 84 valence electrons. The van der Waals surface area contributed by atoms with Crippen LogP contribution < -0.4 is 11.3 Å². The summed E-state index contributed by atoms with van der Waals surface area (Å²) in [5, 5.41) is 0. The Kier molecular flexibility index (Phi) is 3.90. The van der Waals surface area contributed by atoms with Crippen molar-refractivity contribution in [2.24, 2.45) is 5.84 Å². The normalized spacial score (nSPS) is 12.6. The van der Waals surface area contributed by atoms with Crippen molar-refractivity contribution in [1.29, 1.82) is 0 Å². The molecular formula is C11H12ClN3S. The first-order valence-electron chi connectivity index (χ1n) is 4.90. The minimum atomic E-state index is 0.0726. The van der Waals surface area contributed by atoms with Crippen molar-refractivity contribution in [3.05, 3.63) is 51.4 Å². The molecule has 1 atom stereocenters. The third-order valence-corrected chi connectivity index (χ3v) is 3.58. The van der Waals surface area contributed by atoms with Crippen molar-refractivity contribution in [2.75, 3.05) is 0 Å². The van der Waals surface area contributed by atoms with E-state index in [9.17, 15) is 0 Å². The number of nitrogens with zero attached hydrogens (tertiary/aromatic N) is 1. The van der Waals surface area contributed by atoms with E-state index in [1.54, 1.807) is 17.5 Å². The predicted molar refractivity (Wildman–Crippen MR) is 67.3 cm³/mol. The molecule has 0 bridgehead atoms. The van der Waals surface area contributed by atoms with E-state index in [2.05, 4.69) is 10.4 Å². The average Bonchev–Trinajstić information content (AvgIpc) is 2.73. The maximum atomic E-state index is 5.89. The van der Waals surface area contributed by atoms with E-state index < -0.39 is 0 Å².